The van der Waals surface area contributed by atoms with Crippen molar-refractivity contribution in [2.45, 2.75) is 12.3 Å². The fourth-order valence-electron chi connectivity index (χ4n) is 2.24. The van der Waals surface area contributed by atoms with Gasteiger partial charge in [0.1, 0.15) is 5.33 Å². The van der Waals surface area contributed by atoms with E-state index in [4.69, 9.17) is 4.74 Å². The lowest BCUT2D eigenvalue weighted by Crippen LogP contribution is -2.08. The molecule has 0 fully saturated rings. The Hall–Kier alpha value is -2.12. The van der Waals surface area contributed by atoms with E-state index in [2.05, 4.69) is 22.0 Å². The van der Waals surface area contributed by atoms with Gasteiger partial charge in [-0.15, -0.1) is 0 Å². The van der Waals surface area contributed by atoms with Crippen LogP contribution in [0.25, 0.3) is 0 Å². The number of carbonyl (C=O) groups excluding carboxylic acids is 1. The molecule has 0 N–H and O–H groups in total. The molecule has 0 saturated heterocycles. The highest BCUT2D eigenvalue weighted by Crippen LogP contribution is 2.24. The normalized spacial score (nSPS) is 11.5. The Morgan fingerprint density at radius 3 is 2.55 bits per heavy atom. The minimum absolute atomic E-state index is 0.206. The fraction of sp³-hybridized carbons (Fsp3) is 0.222. The number of nitriles is 1. The van der Waals surface area contributed by atoms with Gasteiger partial charge in [0, 0.05) is 6.42 Å². The average molecular weight is 358 g/mol. The number of halogens is 1. The van der Waals surface area contributed by atoms with Crippen molar-refractivity contribution < 1.29 is 9.53 Å². The molecule has 0 saturated carbocycles. The minimum Gasteiger partial charge on any atom is -0.465 e. The molecule has 2 rings (SSSR count). The maximum atomic E-state index is 11.1. The predicted octanol–water partition coefficient (Wildman–Crippen LogP) is 3.82. The number of benzene rings is 2. The van der Waals surface area contributed by atoms with Crippen LogP contribution in [0.2, 0.25) is 0 Å². The van der Waals surface area contributed by atoms with Crippen LogP contribution in [0.5, 0.6) is 0 Å². The van der Waals surface area contributed by atoms with Gasteiger partial charge in [0.05, 0.1) is 18.6 Å². The highest BCUT2D eigenvalue weighted by molar-refractivity contribution is 9.09. The summed E-state index contributed by atoms with van der Waals surface area (Å²) >= 11 is 3.06. The van der Waals surface area contributed by atoms with Crippen molar-refractivity contribution in [3.63, 3.8) is 0 Å². The molecule has 3 nitrogen and oxygen atoms in total. The van der Waals surface area contributed by atoms with Gasteiger partial charge in [-0.3, -0.25) is 4.79 Å². The van der Waals surface area contributed by atoms with Gasteiger partial charge >= 0.3 is 5.97 Å². The maximum absolute atomic E-state index is 11.1. The summed E-state index contributed by atoms with van der Waals surface area (Å²) in [4.78, 5) is 11.1. The van der Waals surface area contributed by atoms with Crippen molar-refractivity contribution in [2.24, 2.45) is 0 Å². The molecule has 2 aromatic rings. The molecule has 0 spiro atoms. The Morgan fingerprint density at radius 1 is 1.14 bits per heavy atom. The standard InChI is InChI=1S/C18H16BrNO2/c19-12-18(21)22-10-9-14-5-4-8-16(11-14)17(13-20)15-6-2-1-3-7-15/h1-8,11,17H,9-10,12H2. The van der Waals surface area contributed by atoms with Gasteiger partial charge in [-0.25, -0.2) is 0 Å². The van der Waals surface area contributed by atoms with Crippen molar-refractivity contribution in [3.05, 3.63) is 71.3 Å². The number of hydrogen-bond acceptors (Lipinski definition) is 3. The zero-order valence-corrected chi connectivity index (χ0v) is 13.6. The van der Waals surface area contributed by atoms with Gasteiger partial charge < -0.3 is 4.74 Å². The molecular weight excluding hydrogens is 342 g/mol. The monoisotopic (exact) mass is 357 g/mol. The summed E-state index contributed by atoms with van der Waals surface area (Å²) in [5.41, 5.74) is 2.99. The molecule has 0 aliphatic heterocycles. The van der Waals surface area contributed by atoms with Crippen molar-refractivity contribution in [1.82, 2.24) is 0 Å². The van der Waals surface area contributed by atoms with Crippen LogP contribution >= 0.6 is 15.9 Å². The average Bonchev–Trinajstić information content (AvgIpc) is 2.57. The highest BCUT2D eigenvalue weighted by Gasteiger charge is 2.13. The smallest absolute Gasteiger partial charge is 0.316 e. The van der Waals surface area contributed by atoms with Crippen LogP contribution < -0.4 is 0 Å². The highest BCUT2D eigenvalue weighted by atomic mass is 79.9. The predicted molar refractivity (Wildman–Crippen MR) is 88.8 cm³/mol. The van der Waals surface area contributed by atoms with Gasteiger partial charge in [-0.05, 0) is 16.7 Å². The molecule has 1 atom stereocenters. The summed E-state index contributed by atoms with van der Waals surface area (Å²) in [6.45, 7) is 0.344. The molecule has 1 unspecified atom stereocenters. The Morgan fingerprint density at radius 2 is 1.86 bits per heavy atom. The third-order valence-corrected chi connectivity index (χ3v) is 3.77. The Bertz CT molecular complexity index is 664. The van der Waals surface area contributed by atoms with Crippen molar-refractivity contribution in [1.29, 1.82) is 5.26 Å². The lowest BCUT2D eigenvalue weighted by molar-refractivity contribution is -0.140. The molecule has 0 bridgehead atoms. The molecule has 0 aliphatic rings. The van der Waals surface area contributed by atoms with E-state index in [9.17, 15) is 10.1 Å². The maximum Gasteiger partial charge on any atom is 0.316 e. The topological polar surface area (TPSA) is 50.1 Å². The number of esters is 1. The first-order valence-electron chi connectivity index (χ1n) is 6.99. The van der Waals surface area contributed by atoms with Crippen LogP contribution in [0.15, 0.2) is 54.6 Å². The number of rotatable bonds is 6. The number of ether oxygens (including phenoxy) is 1. The molecule has 0 amide bonds. The molecule has 0 radical (unpaired) electrons. The number of nitrogens with zero attached hydrogens (tertiary/aromatic N) is 1. The van der Waals surface area contributed by atoms with Crippen molar-refractivity contribution in [3.8, 4) is 6.07 Å². The summed E-state index contributed by atoms with van der Waals surface area (Å²) in [5.74, 6) is -0.554. The molecular formula is C18H16BrNO2. The number of carbonyl (C=O) groups is 1. The van der Waals surface area contributed by atoms with Crippen LogP contribution in [0, 0.1) is 11.3 Å². The first kappa shape index (κ1) is 16.3. The Labute approximate surface area is 138 Å². The second-order valence-electron chi connectivity index (χ2n) is 4.82. The zero-order valence-electron chi connectivity index (χ0n) is 12.0. The largest absolute Gasteiger partial charge is 0.465 e. The summed E-state index contributed by atoms with van der Waals surface area (Å²) in [6, 6.07) is 19.9. The van der Waals surface area contributed by atoms with E-state index in [0.29, 0.717) is 13.0 Å². The second-order valence-corrected chi connectivity index (χ2v) is 5.38. The number of hydrogen-bond donors (Lipinski definition) is 0. The molecule has 2 aromatic carbocycles. The van der Waals surface area contributed by atoms with E-state index in [1.54, 1.807) is 0 Å². The summed E-state index contributed by atoms with van der Waals surface area (Å²) in [7, 11) is 0. The van der Waals surface area contributed by atoms with Crippen LogP contribution in [-0.4, -0.2) is 17.9 Å². The van der Waals surface area contributed by atoms with E-state index in [-0.39, 0.29) is 17.2 Å². The van der Waals surface area contributed by atoms with Gasteiger partial charge in [0.15, 0.2) is 0 Å². The van der Waals surface area contributed by atoms with E-state index in [1.807, 2.05) is 54.6 Å². The SMILES string of the molecule is N#CC(c1ccccc1)c1cccc(CCOC(=O)CBr)c1. The summed E-state index contributed by atoms with van der Waals surface area (Å²) in [6.07, 6.45) is 0.638. The molecule has 4 heteroatoms. The van der Waals surface area contributed by atoms with Crippen LogP contribution in [0.1, 0.15) is 22.6 Å². The lowest BCUT2D eigenvalue weighted by Gasteiger charge is -2.11. The van der Waals surface area contributed by atoms with Gasteiger partial charge in [0.25, 0.3) is 0 Å². The molecule has 22 heavy (non-hydrogen) atoms. The van der Waals surface area contributed by atoms with Crippen LogP contribution in [0.3, 0.4) is 0 Å². The molecule has 0 aromatic heterocycles. The first-order chi connectivity index (χ1) is 10.7. The summed E-state index contributed by atoms with van der Waals surface area (Å²) < 4.78 is 5.06. The Balaban J connectivity index is 2.10. The van der Waals surface area contributed by atoms with Gasteiger partial charge in [-0.1, -0.05) is 70.5 Å². The van der Waals surface area contributed by atoms with E-state index in [1.165, 1.54) is 0 Å². The molecule has 0 aliphatic carbocycles. The fourth-order valence-corrected chi connectivity index (χ4v) is 2.40. The van der Waals surface area contributed by atoms with Crippen LogP contribution in [0.4, 0.5) is 0 Å². The van der Waals surface area contributed by atoms with E-state index >= 15 is 0 Å². The third kappa shape index (κ3) is 4.44. The zero-order chi connectivity index (χ0) is 15.8. The van der Waals surface area contributed by atoms with Crippen molar-refractivity contribution in [2.75, 3.05) is 11.9 Å². The van der Waals surface area contributed by atoms with Crippen LogP contribution in [-0.2, 0) is 16.0 Å². The third-order valence-electron chi connectivity index (χ3n) is 3.31. The minimum atomic E-state index is -0.286. The number of alkyl halides is 1. The Kier molecular flexibility index (Phi) is 6.17. The summed E-state index contributed by atoms with van der Waals surface area (Å²) in [5, 5.41) is 9.69. The second kappa shape index (κ2) is 8.35. The van der Waals surface area contributed by atoms with Crippen molar-refractivity contribution >= 4 is 21.9 Å². The van der Waals surface area contributed by atoms with E-state index < -0.39 is 0 Å². The first-order valence-corrected chi connectivity index (χ1v) is 8.11. The van der Waals surface area contributed by atoms with E-state index in [0.717, 1.165) is 16.7 Å². The molecule has 0 heterocycles. The van der Waals surface area contributed by atoms with Gasteiger partial charge in [-0.2, -0.15) is 5.26 Å². The lowest BCUT2D eigenvalue weighted by atomic mass is 9.91. The molecule has 112 valence electrons. The van der Waals surface area contributed by atoms with Gasteiger partial charge in [0.2, 0.25) is 0 Å². The quantitative estimate of drug-likeness (QED) is 0.583.